The summed E-state index contributed by atoms with van der Waals surface area (Å²) in [5, 5.41) is 11.9. The number of carboxylic acid groups (broad SMARTS) is 1. The Morgan fingerprint density at radius 2 is 2.04 bits per heavy atom. The Hall–Kier alpha value is -2.54. The largest absolute Gasteiger partial charge is 0.484 e. The Balaban J connectivity index is 1.59. The molecule has 2 heterocycles. The minimum atomic E-state index is -1.24. The molecule has 1 saturated heterocycles. The van der Waals surface area contributed by atoms with Crippen LogP contribution in [0.5, 0.6) is 5.75 Å². The first kappa shape index (κ1) is 16.3. The summed E-state index contributed by atoms with van der Waals surface area (Å²) in [6.45, 7) is -0.219. The minimum Gasteiger partial charge on any atom is -0.484 e. The second-order valence-electron chi connectivity index (χ2n) is 5.52. The first-order chi connectivity index (χ1) is 11.5. The summed E-state index contributed by atoms with van der Waals surface area (Å²) in [6, 6.07) is 7.71. The summed E-state index contributed by atoms with van der Waals surface area (Å²) < 4.78 is 5.32. The fourth-order valence-corrected chi connectivity index (χ4v) is 3.18. The molecule has 2 atom stereocenters. The molecule has 1 aromatic carbocycles. The van der Waals surface area contributed by atoms with Gasteiger partial charge in [0.2, 0.25) is 0 Å². The second-order valence-corrected chi connectivity index (χ2v) is 5.98. The molecule has 2 N–H and O–H groups in total. The average Bonchev–Trinajstić information content (AvgIpc) is 2.58. The number of hydrogen-bond donors (Lipinski definition) is 2. The molecular formula is C16H15ClN2O5. The van der Waals surface area contributed by atoms with Crippen molar-refractivity contribution in [1.82, 2.24) is 10.2 Å². The van der Waals surface area contributed by atoms with E-state index < -0.39 is 23.8 Å². The molecule has 0 bridgehead atoms. The first-order valence-corrected chi connectivity index (χ1v) is 7.79. The highest BCUT2D eigenvalue weighted by molar-refractivity contribution is 6.32. The van der Waals surface area contributed by atoms with E-state index in [0.717, 1.165) is 4.90 Å². The maximum absolute atomic E-state index is 12.2. The smallest absolute Gasteiger partial charge is 0.353 e. The van der Waals surface area contributed by atoms with Crippen LogP contribution in [0.4, 0.5) is 0 Å². The standard InChI is InChI=1S/C16H15ClN2O5/c17-10-6-7-11-13(15(21)19(11)14(10)16(22)23)18-12(20)8-24-9-4-2-1-3-5-9/h1-5,11,13H,6-8H2,(H,18,20)(H,22,23). The van der Waals surface area contributed by atoms with Crippen molar-refractivity contribution in [3.63, 3.8) is 0 Å². The van der Waals surface area contributed by atoms with Gasteiger partial charge in [0.1, 0.15) is 17.5 Å². The number of aliphatic carboxylic acids is 1. The van der Waals surface area contributed by atoms with Gasteiger partial charge in [-0.2, -0.15) is 0 Å². The van der Waals surface area contributed by atoms with Crippen LogP contribution in [0.25, 0.3) is 0 Å². The Kier molecular flexibility index (Phi) is 4.44. The molecule has 0 spiro atoms. The molecule has 2 aliphatic heterocycles. The van der Waals surface area contributed by atoms with Gasteiger partial charge in [0.25, 0.3) is 11.8 Å². The van der Waals surface area contributed by atoms with Gasteiger partial charge in [0.15, 0.2) is 6.61 Å². The number of carbonyl (C=O) groups is 3. The molecule has 7 nitrogen and oxygen atoms in total. The van der Waals surface area contributed by atoms with Crippen LogP contribution in [0.1, 0.15) is 12.8 Å². The normalized spacial score (nSPS) is 22.5. The quantitative estimate of drug-likeness (QED) is 0.775. The summed E-state index contributed by atoms with van der Waals surface area (Å²) in [7, 11) is 0. The lowest BCUT2D eigenvalue weighted by molar-refractivity contribution is -0.156. The topological polar surface area (TPSA) is 95.9 Å². The summed E-state index contributed by atoms with van der Waals surface area (Å²) in [5.41, 5.74) is -0.191. The van der Waals surface area contributed by atoms with Crippen molar-refractivity contribution in [3.05, 3.63) is 41.1 Å². The molecule has 2 amide bonds. The van der Waals surface area contributed by atoms with E-state index in [9.17, 15) is 19.5 Å². The number of β-lactam (4-membered cyclic amide) rings is 1. The number of nitrogens with one attached hydrogen (secondary N) is 1. The van der Waals surface area contributed by atoms with Crippen LogP contribution < -0.4 is 10.1 Å². The Morgan fingerprint density at radius 3 is 2.71 bits per heavy atom. The highest BCUT2D eigenvalue weighted by atomic mass is 35.5. The average molecular weight is 351 g/mol. The van der Waals surface area contributed by atoms with Crippen LogP contribution in [0.2, 0.25) is 0 Å². The van der Waals surface area contributed by atoms with E-state index in [1.165, 1.54) is 0 Å². The van der Waals surface area contributed by atoms with Crippen molar-refractivity contribution in [3.8, 4) is 5.75 Å². The number of benzene rings is 1. The van der Waals surface area contributed by atoms with E-state index in [2.05, 4.69) is 5.32 Å². The Bertz CT molecular complexity index is 718. The van der Waals surface area contributed by atoms with Crippen LogP contribution >= 0.6 is 11.6 Å². The van der Waals surface area contributed by atoms with Crippen LogP contribution in [0.15, 0.2) is 41.1 Å². The lowest BCUT2D eigenvalue weighted by atomic mass is 9.86. The monoisotopic (exact) mass is 350 g/mol. The lowest BCUT2D eigenvalue weighted by Crippen LogP contribution is -2.71. The Labute approximate surface area is 142 Å². The molecule has 0 aliphatic carbocycles. The number of amides is 2. The van der Waals surface area contributed by atoms with Gasteiger partial charge >= 0.3 is 5.97 Å². The molecule has 2 aliphatic rings. The van der Waals surface area contributed by atoms with Gasteiger partial charge in [-0.15, -0.1) is 0 Å². The summed E-state index contributed by atoms with van der Waals surface area (Å²) >= 11 is 5.91. The summed E-state index contributed by atoms with van der Waals surface area (Å²) in [4.78, 5) is 36.5. The molecule has 24 heavy (non-hydrogen) atoms. The fourth-order valence-electron chi connectivity index (χ4n) is 2.90. The predicted molar refractivity (Wildman–Crippen MR) is 84.3 cm³/mol. The molecule has 1 aromatic rings. The van der Waals surface area contributed by atoms with Gasteiger partial charge in [-0.25, -0.2) is 4.79 Å². The number of hydrogen-bond acceptors (Lipinski definition) is 4. The van der Waals surface area contributed by atoms with Crippen molar-refractivity contribution >= 4 is 29.4 Å². The van der Waals surface area contributed by atoms with Gasteiger partial charge in [-0.1, -0.05) is 29.8 Å². The van der Waals surface area contributed by atoms with Crippen molar-refractivity contribution in [2.24, 2.45) is 0 Å². The van der Waals surface area contributed by atoms with Crippen LogP contribution in [-0.2, 0) is 14.4 Å². The van der Waals surface area contributed by atoms with Crippen molar-refractivity contribution < 1.29 is 24.2 Å². The third-order valence-electron chi connectivity index (χ3n) is 4.01. The van der Waals surface area contributed by atoms with E-state index in [1.807, 2.05) is 6.07 Å². The molecule has 126 valence electrons. The number of halogens is 1. The SMILES string of the molecule is O=C(COc1ccccc1)NC1C(=O)N2C(C(=O)O)=C(Cl)CCC12. The van der Waals surface area contributed by atoms with E-state index in [-0.39, 0.29) is 23.4 Å². The van der Waals surface area contributed by atoms with Crippen molar-refractivity contribution in [2.45, 2.75) is 24.9 Å². The predicted octanol–water partition coefficient (Wildman–Crippen LogP) is 1.09. The number of nitrogens with zero attached hydrogens (tertiary/aromatic N) is 1. The zero-order valence-corrected chi connectivity index (χ0v) is 13.3. The van der Waals surface area contributed by atoms with Crippen molar-refractivity contribution in [1.29, 1.82) is 0 Å². The molecule has 3 rings (SSSR count). The van der Waals surface area contributed by atoms with Gasteiger partial charge in [0, 0.05) is 5.03 Å². The second kappa shape index (κ2) is 6.52. The first-order valence-electron chi connectivity index (χ1n) is 7.41. The van der Waals surface area contributed by atoms with Gasteiger partial charge in [0.05, 0.1) is 6.04 Å². The molecular weight excluding hydrogens is 336 g/mol. The fraction of sp³-hybridized carbons (Fsp3) is 0.312. The van der Waals surface area contributed by atoms with Crippen LogP contribution in [0.3, 0.4) is 0 Å². The van der Waals surface area contributed by atoms with E-state index in [4.69, 9.17) is 16.3 Å². The minimum absolute atomic E-state index is 0.157. The molecule has 0 radical (unpaired) electrons. The third kappa shape index (κ3) is 2.94. The summed E-state index contributed by atoms with van der Waals surface area (Å²) in [6.07, 6.45) is 0.871. The van der Waals surface area contributed by atoms with Gasteiger partial charge in [-0.05, 0) is 25.0 Å². The van der Waals surface area contributed by atoms with Gasteiger partial charge in [-0.3, -0.25) is 14.5 Å². The van der Waals surface area contributed by atoms with E-state index >= 15 is 0 Å². The van der Waals surface area contributed by atoms with Gasteiger partial charge < -0.3 is 15.2 Å². The number of para-hydroxylation sites is 1. The zero-order chi connectivity index (χ0) is 17.3. The number of rotatable bonds is 5. The maximum atomic E-state index is 12.2. The highest BCUT2D eigenvalue weighted by Crippen LogP contribution is 2.37. The number of fused-ring (bicyclic) bond motifs is 1. The number of carbonyl (C=O) groups excluding carboxylic acids is 2. The lowest BCUT2D eigenvalue weighted by Gasteiger charge is -2.49. The third-order valence-corrected chi connectivity index (χ3v) is 4.38. The molecule has 2 unspecified atom stereocenters. The molecule has 8 heteroatoms. The number of ether oxygens (including phenoxy) is 1. The molecule has 0 aromatic heterocycles. The number of carboxylic acids is 1. The van der Waals surface area contributed by atoms with Crippen LogP contribution in [0, 0.1) is 0 Å². The Morgan fingerprint density at radius 1 is 1.33 bits per heavy atom. The zero-order valence-electron chi connectivity index (χ0n) is 12.6. The van der Waals surface area contributed by atoms with E-state index in [1.54, 1.807) is 24.3 Å². The maximum Gasteiger partial charge on any atom is 0.353 e. The highest BCUT2D eigenvalue weighted by Gasteiger charge is 2.53. The summed E-state index contributed by atoms with van der Waals surface area (Å²) in [5.74, 6) is -1.59. The van der Waals surface area contributed by atoms with Crippen LogP contribution in [-0.4, -0.2) is 46.5 Å². The molecule has 1 fully saturated rings. The molecule has 0 saturated carbocycles. The number of allylic oxidation sites excluding steroid dienone is 1. The van der Waals surface area contributed by atoms with E-state index in [0.29, 0.717) is 18.6 Å². The van der Waals surface area contributed by atoms with Crippen molar-refractivity contribution in [2.75, 3.05) is 6.61 Å².